The van der Waals surface area contributed by atoms with Gasteiger partial charge in [-0.05, 0) is 30.5 Å². The van der Waals surface area contributed by atoms with Crippen molar-refractivity contribution in [3.05, 3.63) is 29.8 Å². The van der Waals surface area contributed by atoms with Crippen molar-refractivity contribution < 1.29 is 22.7 Å². The molecule has 9 heteroatoms. The lowest BCUT2D eigenvalue weighted by atomic mass is 10.2. The number of carbonyl (C=O) groups excluding carboxylic acids is 1. The molecule has 1 amide bonds. The van der Waals surface area contributed by atoms with Gasteiger partial charge in [-0.15, -0.1) is 13.2 Å². The van der Waals surface area contributed by atoms with Crippen LogP contribution in [0.1, 0.15) is 18.4 Å². The first-order valence-corrected chi connectivity index (χ1v) is 7.00. The van der Waals surface area contributed by atoms with Gasteiger partial charge in [0.1, 0.15) is 5.75 Å². The third-order valence-electron chi connectivity index (χ3n) is 2.96. The molecule has 1 aromatic rings. The predicted molar refractivity (Wildman–Crippen MR) is 77.6 cm³/mol. The molecule has 0 aromatic heterocycles. The van der Waals surface area contributed by atoms with Crippen LogP contribution in [0.15, 0.2) is 29.3 Å². The van der Waals surface area contributed by atoms with Gasteiger partial charge in [-0.25, -0.2) is 4.99 Å². The SMILES string of the molecule is NC(=NCc1ccc(OC(F)(F)F)cc1)NCC(=O)NC1CC1. The van der Waals surface area contributed by atoms with Crippen LogP contribution < -0.4 is 21.1 Å². The lowest BCUT2D eigenvalue weighted by Crippen LogP contribution is -2.41. The maximum atomic E-state index is 12.0. The average Bonchev–Trinajstić information content (AvgIpc) is 3.26. The summed E-state index contributed by atoms with van der Waals surface area (Å²) in [5.41, 5.74) is 6.27. The summed E-state index contributed by atoms with van der Waals surface area (Å²) in [4.78, 5) is 15.4. The van der Waals surface area contributed by atoms with Gasteiger partial charge < -0.3 is 21.1 Å². The third kappa shape index (κ3) is 6.90. The molecule has 1 saturated carbocycles. The van der Waals surface area contributed by atoms with Crippen LogP contribution >= 0.6 is 0 Å². The van der Waals surface area contributed by atoms with Crippen molar-refractivity contribution >= 4 is 11.9 Å². The minimum Gasteiger partial charge on any atom is -0.406 e. The molecule has 23 heavy (non-hydrogen) atoms. The monoisotopic (exact) mass is 330 g/mol. The fourth-order valence-electron chi connectivity index (χ4n) is 1.71. The van der Waals surface area contributed by atoms with Crippen LogP contribution in [0.25, 0.3) is 0 Å². The van der Waals surface area contributed by atoms with Gasteiger partial charge in [-0.1, -0.05) is 12.1 Å². The number of nitrogens with two attached hydrogens (primary N) is 1. The van der Waals surface area contributed by atoms with Gasteiger partial charge in [0, 0.05) is 6.04 Å². The minimum atomic E-state index is -4.71. The lowest BCUT2D eigenvalue weighted by molar-refractivity contribution is -0.274. The van der Waals surface area contributed by atoms with E-state index in [0.29, 0.717) is 5.56 Å². The second-order valence-electron chi connectivity index (χ2n) is 5.09. The van der Waals surface area contributed by atoms with Crippen molar-refractivity contribution in [1.29, 1.82) is 0 Å². The van der Waals surface area contributed by atoms with Gasteiger partial charge in [-0.2, -0.15) is 0 Å². The molecule has 0 saturated heterocycles. The van der Waals surface area contributed by atoms with Gasteiger partial charge >= 0.3 is 6.36 Å². The Balaban J connectivity index is 1.75. The Morgan fingerprint density at radius 2 is 1.96 bits per heavy atom. The highest BCUT2D eigenvalue weighted by Gasteiger charge is 2.30. The van der Waals surface area contributed by atoms with Gasteiger partial charge in [0.15, 0.2) is 5.96 Å². The molecule has 4 N–H and O–H groups in total. The van der Waals surface area contributed by atoms with Crippen molar-refractivity contribution in [2.24, 2.45) is 10.7 Å². The fraction of sp³-hybridized carbons (Fsp3) is 0.429. The van der Waals surface area contributed by atoms with Gasteiger partial charge in [-0.3, -0.25) is 4.79 Å². The van der Waals surface area contributed by atoms with E-state index in [-0.39, 0.29) is 36.7 Å². The van der Waals surface area contributed by atoms with Crippen LogP contribution in [0.2, 0.25) is 0 Å². The second kappa shape index (κ2) is 7.21. The normalized spacial score (nSPS) is 15.2. The molecule has 1 fully saturated rings. The molecule has 0 radical (unpaired) electrons. The molecular weight excluding hydrogens is 313 g/mol. The Morgan fingerprint density at radius 3 is 2.52 bits per heavy atom. The zero-order valence-corrected chi connectivity index (χ0v) is 12.2. The summed E-state index contributed by atoms with van der Waals surface area (Å²) in [7, 11) is 0. The highest BCUT2D eigenvalue weighted by molar-refractivity contribution is 5.85. The van der Waals surface area contributed by atoms with Crippen LogP contribution in [0, 0.1) is 0 Å². The first kappa shape index (κ1) is 16.9. The average molecular weight is 330 g/mol. The number of hydrogen-bond donors (Lipinski definition) is 3. The van der Waals surface area contributed by atoms with Crippen molar-refractivity contribution in [3.63, 3.8) is 0 Å². The number of guanidine groups is 1. The largest absolute Gasteiger partial charge is 0.573 e. The van der Waals surface area contributed by atoms with Crippen LogP contribution in [0.5, 0.6) is 5.75 Å². The van der Waals surface area contributed by atoms with Gasteiger partial charge in [0.25, 0.3) is 0 Å². The van der Waals surface area contributed by atoms with Crippen molar-refractivity contribution in [2.45, 2.75) is 31.8 Å². The molecule has 2 rings (SSSR count). The van der Waals surface area contributed by atoms with E-state index < -0.39 is 6.36 Å². The number of rotatable bonds is 6. The third-order valence-corrected chi connectivity index (χ3v) is 2.96. The molecule has 0 spiro atoms. The molecule has 1 aliphatic rings. The van der Waals surface area contributed by atoms with E-state index in [9.17, 15) is 18.0 Å². The number of ether oxygens (including phenoxy) is 1. The van der Waals surface area contributed by atoms with E-state index >= 15 is 0 Å². The van der Waals surface area contributed by atoms with Crippen LogP contribution in [-0.2, 0) is 11.3 Å². The summed E-state index contributed by atoms with van der Waals surface area (Å²) in [6.07, 6.45) is -2.71. The van der Waals surface area contributed by atoms with E-state index in [1.165, 1.54) is 24.3 Å². The maximum Gasteiger partial charge on any atom is 0.573 e. The van der Waals surface area contributed by atoms with Crippen molar-refractivity contribution in [3.8, 4) is 5.75 Å². The van der Waals surface area contributed by atoms with E-state index in [4.69, 9.17) is 5.73 Å². The number of benzene rings is 1. The highest BCUT2D eigenvalue weighted by atomic mass is 19.4. The molecule has 0 heterocycles. The number of nitrogens with one attached hydrogen (secondary N) is 2. The number of aliphatic imine (C=N–C) groups is 1. The Bertz CT molecular complexity index is 568. The van der Waals surface area contributed by atoms with Crippen molar-refractivity contribution in [1.82, 2.24) is 10.6 Å². The predicted octanol–water partition coefficient (Wildman–Crippen LogP) is 1.27. The number of amides is 1. The van der Waals surface area contributed by atoms with E-state index in [1.807, 2.05) is 0 Å². The molecule has 6 nitrogen and oxygen atoms in total. The Hall–Kier alpha value is -2.45. The molecule has 1 aromatic carbocycles. The standard InChI is InChI=1S/C14H17F3N4O2/c15-14(16,17)23-11-5-1-9(2-6-11)7-19-13(18)20-8-12(22)21-10-3-4-10/h1-2,5-6,10H,3-4,7-8H2,(H,21,22)(H3,18,19,20). The minimum absolute atomic E-state index is 0.0319. The summed E-state index contributed by atoms with van der Waals surface area (Å²) in [6.45, 7) is 0.208. The smallest absolute Gasteiger partial charge is 0.406 e. The Morgan fingerprint density at radius 1 is 1.30 bits per heavy atom. The van der Waals surface area contributed by atoms with Gasteiger partial charge in [0.05, 0.1) is 13.1 Å². The number of carbonyl (C=O) groups is 1. The first-order chi connectivity index (χ1) is 10.8. The van der Waals surface area contributed by atoms with Crippen LogP contribution in [-0.4, -0.2) is 30.8 Å². The Kier molecular flexibility index (Phi) is 5.30. The quantitative estimate of drug-likeness (QED) is 0.541. The molecule has 0 atom stereocenters. The first-order valence-electron chi connectivity index (χ1n) is 7.00. The maximum absolute atomic E-state index is 12.0. The summed E-state index contributed by atoms with van der Waals surface area (Å²) in [6, 6.07) is 5.59. The molecule has 0 aliphatic heterocycles. The summed E-state index contributed by atoms with van der Waals surface area (Å²) in [5.74, 6) is -0.362. The molecule has 0 unspecified atom stereocenters. The number of nitrogens with zero attached hydrogens (tertiary/aromatic N) is 1. The molecule has 126 valence electrons. The van der Waals surface area contributed by atoms with E-state index in [2.05, 4.69) is 20.4 Å². The zero-order chi connectivity index (χ0) is 16.9. The van der Waals surface area contributed by atoms with Crippen molar-refractivity contribution in [2.75, 3.05) is 6.54 Å². The summed E-state index contributed by atoms with van der Waals surface area (Å²) < 4.78 is 39.8. The molecular formula is C14H17F3N4O2. The van der Waals surface area contributed by atoms with E-state index in [1.54, 1.807) is 0 Å². The number of alkyl halides is 3. The Labute approximate surface area is 130 Å². The summed E-state index contributed by atoms with van der Waals surface area (Å²) >= 11 is 0. The fourth-order valence-corrected chi connectivity index (χ4v) is 1.71. The number of halogens is 3. The van der Waals surface area contributed by atoms with Crippen LogP contribution in [0.4, 0.5) is 13.2 Å². The summed E-state index contributed by atoms with van der Waals surface area (Å²) in [5, 5.41) is 5.46. The zero-order valence-electron chi connectivity index (χ0n) is 12.2. The topological polar surface area (TPSA) is 88.7 Å². The second-order valence-corrected chi connectivity index (χ2v) is 5.09. The molecule has 0 bridgehead atoms. The van der Waals surface area contributed by atoms with Crippen LogP contribution in [0.3, 0.4) is 0 Å². The highest BCUT2D eigenvalue weighted by Crippen LogP contribution is 2.22. The number of hydrogen-bond acceptors (Lipinski definition) is 3. The lowest BCUT2D eigenvalue weighted by Gasteiger charge is -2.09. The molecule has 1 aliphatic carbocycles. The van der Waals surface area contributed by atoms with E-state index in [0.717, 1.165) is 12.8 Å². The van der Waals surface area contributed by atoms with Gasteiger partial charge in [0.2, 0.25) is 5.91 Å².